The highest BCUT2D eigenvalue weighted by atomic mass is 19.1. The smallest absolute Gasteiger partial charge is 0.169 e. The molecule has 166 valence electrons. The standard InChI is InChI=1S/C25H23FN6O/c1-15-3-8-20(26)25-19(15)11-16(2)32(25)10-9-28-24-12-21(29-14-30-24)17-4-6-18(7-5-17)22-13-23(27)31-33-22/h3-8,11-14H,9-10H2,1-2H3,(H2,27,31)(H,28,29,30). The number of nitrogens with one attached hydrogen (secondary N) is 1. The lowest BCUT2D eigenvalue weighted by atomic mass is 10.1. The zero-order valence-corrected chi connectivity index (χ0v) is 18.3. The number of hydrogen-bond donors (Lipinski definition) is 2. The molecule has 33 heavy (non-hydrogen) atoms. The van der Waals surface area contributed by atoms with E-state index in [1.807, 2.05) is 60.9 Å². The third kappa shape index (κ3) is 4.03. The first-order valence-corrected chi connectivity index (χ1v) is 10.6. The summed E-state index contributed by atoms with van der Waals surface area (Å²) in [7, 11) is 0. The Morgan fingerprint density at radius 2 is 1.79 bits per heavy atom. The quantitative estimate of drug-likeness (QED) is 0.375. The molecule has 2 aromatic carbocycles. The van der Waals surface area contributed by atoms with Crippen LogP contribution in [0.5, 0.6) is 0 Å². The molecule has 3 N–H and O–H groups in total. The van der Waals surface area contributed by atoms with Crippen molar-refractivity contribution in [3.05, 3.63) is 78.0 Å². The molecule has 0 saturated carbocycles. The minimum absolute atomic E-state index is 0.204. The minimum Gasteiger partial charge on any atom is -0.381 e. The van der Waals surface area contributed by atoms with Crippen LogP contribution in [-0.2, 0) is 6.54 Å². The van der Waals surface area contributed by atoms with Crippen LogP contribution in [0.25, 0.3) is 33.5 Å². The van der Waals surface area contributed by atoms with E-state index in [9.17, 15) is 4.39 Å². The zero-order valence-electron chi connectivity index (χ0n) is 18.3. The lowest BCUT2D eigenvalue weighted by molar-refractivity contribution is 0.436. The van der Waals surface area contributed by atoms with Crippen molar-refractivity contribution in [2.75, 3.05) is 17.6 Å². The number of fused-ring (bicyclic) bond motifs is 1. The maximum absolute atomic E-state index is 14.5. The van der Waals surface area contributed by atoms with Crippen LogP contribution in [0.2, 0.25) is 0 Å². The fourth-order valence-corrected chi connectivity index (χ4v) is 4.03. The van der Waals surface area contributed by atoms with E-state index >= 15 is 0 Å². The highest BCUT2D eigenvalue weighted by molar-refractivity contribution is 5.85. The predicted molar refractivity (Wildman–Crippen MR) is 127 cm³/mol. The number of nitrogens with two attached hydrogens (primary N) is 1. The number of aryl methyl sites for hydroxylation is 2. The number of rotatable bonds is 6. The van der Waals surface area contributed by atoms with Crippen molar-refractivity contribution in [1.29, 1.82) is 0 Å². The second-order valence-electron chi connectivity index (χ2n) is 7.97. The van der Waals surface area contributed by atoms with Crippen molar-refractivity contribution in [2.45, 2.75) is 20.4 Å². The van der Waals surface area contributed by atoms with Crippen molar-refractivity contribution in [3.8, 4) is 22.6 Å². The molecule has 0 radical (unpaired) electrons. The largest absolute Gasteiger partial charge is 0.381 e. The topological polar surface area (TPSA) is 94.8 Å². The molecule has 3 heterocycles. The third-order valence-corrected chi connectivity index (χ3v) is 5.74. The van der Waals surface area contributed by atoms with Gasteiger partial charge in [-0.05, 0) is 31.5 Å². The molecular weight excluding hydrogens is 419 g/mol. The Morgan fingerprint density at radius 3 is 2.55 bits per heavy atom. The monoisotopic (exact) mass is 442 g/mol. The molecule has 5 aromatic rings. The Labute approximate surface area is 190 Å². The molecule has 0 saturated heterocycles. The first-order valence-electron chi connectivity index (χ1n) is 10.6. The maximum Gasteiger partial charge on any atom is 0.169 e. The van der Waals surface area contributed by atoms with Gasteiger partial charge in [0, 0.05) is 47.4 Å². The highest BCUT2D eigenvalue weighted by Gasteiger charge is 2.12. The van der Waals surface area contributed by atoms with Gasteiger partial charge in [-0.3, -0.25) is 0 Å². The van der Waals surface area contributed by atoms with Gasteiger partial charge in [-0.15, -0.1) is 0 Å². The SMILES string of the molecule is Cc1ccc(F)c2c1cc(C)n2CCNc1cc(-c2ccc(-c3cc(N)no3)cc2)ncn1. The molecule has 0 aliphatic rings. The van der Waals surface area contributed by atoms with Gasteiger partial charge in [0.05, 0.1) is 11.2 Å². The van der Waals surface area contributed by atoms with Gasteiger partial charge in [-0.25, -0.2) is 14.4 Å². The summed E-state index contributed by atoms with van der Waals surface area (Å²) in [5.41, 5.74) is 11.0. The second kappa shape index (κ2) is 8.38. The van der Waals surface area contributed by atoms with Crippen molar-refractivity contribution in [3.63, 3.8) is 0 Å². The van der Waals surface area contributed by atoms with Crippen LogP contribution < -0.4 is 11.1 Å². The molecule has 8 heteroatoms. The summed E-state index contributed by atoms with van der Waals surface area (Å²) in [6.07, 6.45) is 1.53. The summed E-state index contributed by atoms with van der Waals surface area (Å²) in [5.74, 6) is 1.47. The summed E-state index contributed by atoms with van der Waals surface area (Å²) < 4.78 is 21.7. The average Bonchev–Trinajstić information content (AvgIpc) is 3.41. The first kappa shape index (κ1) is 20.7. The molecule has 0 aliphatic carbocycles. The molecule has 3 aromatic heterocycles. The van der Waals surface area contributed by atoms with Crippen molar-refractivity contribution in [2.24, 2.45) is 0 Å². The van der Waals surface area contributed by atoms with Crippen LogP contribution in [0.1, 0.15) is 11.3 Å². The molecule has 0 spiro atoms. The summed E-state index contributed by atoms with van der Waals surface area (Å²) in [6, 6.07) is 16.7. The van der Waals surface area contributed by atoms with E-state index in [0.717, 1.165) is 33.5 Å². The normalized spacial score (nSPS) is 11.2. The molecule has 0 amide bonds. The van der Waals surface area contributed by atoms with Crippen LogP contribution in [-0.4, -0.2) is 26.2 Å². The van der Waals surface area contributed by atoms with Crippen LogP contribution >= 0.6 is 0 Å². The number of aromatic nitrogens is 4. The number of hydrogen-bond acceptors (Lipinski definition) is 6. The molecule has 0 aliphatic heterocycles. The van der Waals surface area contributed by atoms with E-state index in [0.29, 0.717) is 36.0 Å². The van der Waals surface area contributed by atoms with E-state index in [4.69, 9.17) is 10.3 Å². The molecule has 7 nitrogen and oxygen atoms in total. The second-order valence-corrected chi connectivity index (χ2v) is 7.97. The maximum atomic E-state index is 14.5. The fraction of sp³-hybridized carbons (Fsp3) is 0.160. The van der Waals surface area contributed by atoms with Gasteiger partial charge >= 0.3 is 0 Å². The lowest BCUT2D eigenvalue weighted by Gasteiger charge is -2.11. The van der Waals surface area contributed by atoms with Gasteiger partial charge in [0.2, 0.25) is 0 Å². The van der Waals surface area contributed by atoms with Crippen LogP contribution in [0.15, 0.2) is 65.4 Å². The van der Waals surface area contributed by atoms with Gasteiger partial charge in [0.1, 0.15) is 18.0 Å². The van der Waals surface area contributed by atoms with Gasteiger partial charge in [0.15, 0.2) is 11.6 Å². The Balaban J connectivity index is 1.30. The van der Waals surface area contributed by atoms with Gasteiger partial charge in [-0.2, -0.15) is 0 Å². The average molecular weight is 442 g/mol. The number of halogens is 1. The van der Waals surface area contributed by atoms with Gasteiger partial charge in [-0.1, -0.05) is 35.5 Å². The fourth-order valence-electron chi connectivity index (χ4n) is 4.03. The highest BCUT2D eigenvalue weighted by Crippen LogP contribution is 2.27. The van der Waals surface area contributed by atoms with E-state index in [2.05, 4.69) is 20.4 Å². The summed E-state index contributed by atoms with van der Waals surface area (Å²) >= 11 is 0. The molecule has 0 fully saturated rings. The van der Waals surface area contributed by atoms with Crippen molar-refractivity contribution in [1.82, 2.24) is 19.7 Å². The van der Waals surface area contributed by atoms with Crippen LogP contribution in [0.3, 0.4) is 0 Å². The Morgan fingerprint density at radius 1 is 1.00 bits per heavy atom. The van der Waals surface area contributed by atoms with Crippen LogP contribution in [0.4, 0.5) is 16.0 Å². The first-order chi connectivity index (χ1) is 16.0. The Hall–Kier alpha value is -4.20. The lowest BCUT2D eigenvalue weighted by Crippen LogP contribution is -2.13. The van der Waals surface area contributed by atoms with Crippen LogP contribution in [0, 0.1) is 19.7 Å². The van der Waals surface area contributed by atoms with Gasteiger partial charge in [0.25, 0.3) is 0 Å². The van der Waals surface area contributed by atoms with E-state index < -0.39 is 0 Å². The van der Waals surface area contributed by atoms with Crippen molar-refractivity contribution < 1.29 is 8.91 Å². The summed E-state index contributed by atoms with van der Waals surface area (Å²) in [6.45, 7) is 5.21. The van der Waals surface area contributed by atoms with Gasteiger partial charge < -0.3 is 20.1 Å². The number of anilines is 2. The minimum atomic E-state index is -0.204. The molecule has 0 unspecified atom stereocenters. The number of nitrogens with zero attached hydrogens (tertiary/aromatic N) is 4. The predicted octanol–water partition coefficient (Wildman–Crippen LogP) is 5.20. The molecule has 0 bridgehead atoms. The Bertz CT molecular complexity index is 1440. The number of benzene rings is 2. The van der Waals surface area contributed by atoms with Crippen molar-refractivity contribution >= 4 is 22.5 Å². The summed E-state index contributed by atoms with van der Waals surface area (Å²) in [4.78, 5) is 8.71. The van der Waals surface area contributed by atoms with E-state index in [-0.39, 0.29) is 5.82 Å². The molecular formula is C25H23FN6O. The Kier molecular flexibility index (Phi) is 5.26. The summed E-state index contributed by atoms with van der Waals surface area (Å²) in [5, 5.41) is 7.99. The number of nitrogen functional groups attached to an aromatic ring is 1. The molecule has 5 rings (SSSR count). The third-order valence-electron chi connectivity index (χ3n) is 5.74. The molecule has 0 atom stereocenters. The van der Waals surface area contributed by atoms with E-state index in [1.54, 1.807) is 6.07 Å². The van der Waals surface area contributed by atoms with E-state index in [1.165, 1.54) is 12.4 Å². The zero-order chi connectivity index (χ0) is 22.9.